The van der Waals surface area contributed by atoms with E-state index in [0.29, 0.717) is 18.8 Å². The van der Waals surface area contributed by atoms with Crippen molar-refractivity contribution in [1.82, 2.24) is 14.8 Å². The summed E-state index contributed by atoms with van der Waals surface area (Å²) in [5, 5.41) is 7.45. The molecule has 6 nitrogen and oxygen atoms in total. The van der Waals surface area contributed by atoms with Crippen LogP contribution in [-0.2, 0) is 20.8 Å². The SMILES string of the molecule is CS(=O)(=O)OC1CCn2cnnc21. The monoisotopic (exact) mass is 203 g/mol. The highest BCUT2D eigenvalue weighted by Crippen LogP contribution is 2.27. The van der Waals surface area contributed by atoms with Gasteiger partial charge in [-0.25, -0.2) is 0 Å². The molecular formula is C6H9N3O3S. The van der Waals surface area contributed by atoms with Gasteiger partial charge >= 0.3 is 0 Å². The van der Waals surface area contributed by atoms with Crippen LogP contribution in [0.3, 0.4) is 0 Å². The van der Waals surface area contributed by atoms with Crippen LogP contribution in [0, 0.1) is 0 Å². The predicted octanol–water partition coefficient (Wildman–Crippen LogP) is -0.301. The second-order valence-corrected chi connectivity index (χ2v) is 4.56. The van der Waals surface area contributed by atoms with Gasteiger partial charge in [-0.15, -0.1) is 10.2 Å². The summed E-state index contributed by atoms with van der Waals surface area (Å²) in [7, 11) is -3.41. The van der Waals surface area contributed by atoms with Crippen LogP contribution in [0.25, 0.3) is 0 Å². The fourth-order valence-electron chi connectivity index (χ4n) is 1.37. The normalized spacial score (nSPS) is 21.8. The molecule has 0 spiro atoms. The standard InChI is InChI=1S/C6H9N3O3S/c1-13(10,11)12-5-2-3-9-4-7-8-6(5)9/h4-5H,2-3H2,1H3. The second kappa shape index (κ2) is 2.78. The van der Waals surface area contributed by atoms with Crippen LogP contribution in [0.15, 0.2) is 6.33 Å². The summed E-state index contributed by atoms with van der Waals surface area (Å²) in [6, 6.07) is 0. The number of aromatic nitrogens is 3. The maximum absolute atomic E-state index is 10.8. The molecule has 2 heterocycles. The number of fused-ring (bicyclic) bond motifs is 1. The van der Waals surface area contributed by atoms with E-state index >= 15 is 0 Å². The number of rotatable bonds is 2. The molecule has 1 unspecified atom stereocenters. The Bertz CT molecular complexity index is 411. The third-order valence-electron chi connectivity index (χ3n) is 1.86. The van der Waals surface area contributed by atoms with E-state index in [1.165, 1.54) is 0 Å². The quantitative estimate of drug-likeness (QED) is 0.617. The average molecular weight is 203 g/mol. The third kappa shape index (κ3) is 1.70. The van der Waals surface area contributed by atoms with E-state index in [-0.39, 0.29) is 0 Å². The summed E-state index contributed by atoms with van der Waals surface area (Å²) in [5.41, 5.74) is 0. The van der Waals surface area contributed by atoms with E-state index in [1.54, 1.807) is 10.9 Å². The lowest BCUT2D eigenvalue weighted by molar-refractivity contribution is 0.212. The zero-order valence-corrected chi connectivity index (χ0v) is 7.86. The minimum Gasteiger partial charge on any atom is -0.315 e. The lowest BCUT2D eigenvalue weighted by Gasteiger charge is -2.05. The number of nitrogens with zero attached hydrogens (tertiary/aromatic N) is 3. The summed E-state index contributed by atoms with van der Waals surface area (Å²) in [6.45, 7) is 0.711. The van der Waals surface area contributed by atoms with E-state index in [2.05, 4.69) is 10.2 Å². The summed E-state index contributed by atoms with van der Waals surface area (Å²) in [6.07, 6.45) is 2.78. The van der Waals surface area contributed by atoms with Gasteiger partial charge in [-0.3, -0.25) is 4.18 Å². The van der Waals surface area contributed by atoms with Crippen LogP contribution < -0.4 is 0 Å². The fourth-order valence-corrected chi connectivity index (χ4v) is 1.98. The predicted molar refractivity (Wildman–Crippen MR) is 43.3 cm³/mol. The second-order valence-electron chi connectivity index (χ2n) is 2.96. The van der Waals surface area contributed by atoms with Crippen LogP contribution in [0.4, 0.5) is 0 Å². The highest BCUT2D eigenvalue weighted by atomic mass is 32.2. The van der Waals surface area contributed by atoms with Gasteiger partial charge in [0, 0.05) is 13.0 Å². The zero-order chi connectivity index (χ0) is 9.47. The minimum atomic E-state index is -3.41. The molecule has 1 aliphatic heterocycles. The first-order valence-corrected chi connectivity index (χ1v) is 5.64. The van der Waals surface area contributed by atoms with E-state index < -0.39 is 16.2 Å². The van der Waals surface area contributed by atoms with Gasteiger partial charge in [-0.2, -0.15) is 8.42 Å². The largest absolute Gasteiger partial charge is 0.315 e. The van der Waals surface area contributed by atoms with E-state index in [1.807, 2.05) is 0 Å². The maximum Gasteiger partial charge on any atom is 0.265 e. The number of aryl methyl sites for hydroxylation is 1. The average Bonchev–Trinajstić information content (AvgIpc) is 2.50. The van der Waals surface area contributed by atoms with Gasteiger partial charge in [0.2, 0.25) is 0 Å². The summed E-state index contributed by atoms with van der Waals surface area (Å²) < 4.78 is 28.3. The first-order valence-electron chi connectivity index (χ1n) is 3.82. The first-order chi connectivity index (χ1) is 6.06. The van der Waals surface area contributed by atoms with Crippen LogP contribution in [-0.4, -0.2) is 29.4 Å². The Hall–Kier alpha value is -0.950. The van der Waals surface area contributed by atoms with E-state index in [0.717, 1.165) is 6.26 Å². The molecule has 13 heavy (non-hydrogen) atoms. The molecule has 1 aliphatic rings. The Kier molecular flexibility index (Phi) is 1.85. The van der Waals surface area contributed by atoms with Crippen molar-refractivity contribution in [2.24, 2.45) is 0 Å². The molecule has 0 saturated carbocycles. The smallest absolute Gasteiger partial charge is 0.265 e. The van der Waals surface area contributed by atoms with Crippen LogP contribution in [0.5, 0.6) is 0 Å². The van der Waals surface area contributed by atoms with Gasteiger partial charge in [0.05, 0.1) is 6.26 Å². The Morgan fingerprint density at radius 3 is 3.15 bits per heavy atom. The highest BCUT2D eigenvalue weighted by molar-refractivity contribution is 7.86. The Labute approximate surface area is 75.7 Å². The van der Waals surface area contributed by atoms with E-state index in [4.69, 9.17) is 4.18 Å². The van der Waals surface area contributed by atoms with Crippen molar-refractivity contribution in [2.75, 3.05) is 6.26 Å². The van der Waals surface area contributed by atoms with E-state index in [9.17, 15) is 8.42 Å². The molecule has 0 radical (unpaired) electrons. The van der Waals surface area contributed by atoms with Crippen molar-refractivity contribution in [3.8, 4) is 0 Å². The molecule has 0 aliphatic carbocycles. The molecule has 0 saturated heterocycles. The summed E-state index contributed by atoms with van der Waals surface area (Å²) in [5.74, 6) is 0.588. The minimum absolute atomic E-state index is 0.461. The molecule has 0 aromatic carbocycles. The van der Waals surface area contributed by atoms with Crippen molar-refractivity contribution in [3.63, 3.8) is 0 Å². The fraction of sp³-hybridized carbons (Fsp3) is 0.667. The maximum atomic E-state index is 10.8. The Morgan fingerprint density at radius 1 is 1.69 bits per heavy atom. The number of hydrogen-bond acceptors (Lipinski definition) is 5. The van der Waals surface area contributed by atoms with Crippen molar-refractivity contribution in [3.05, 3.63) is 12.2 Å². The van der Waals surface area contributed by atoms with Gasteiger partial charge in [0.1, 0.15) is 12.4 Å². The lowest BCUT2D eigenvalue weighted by atomic mass is 10.3. The molecule has 0 fully saturated rings. The van der Waals surface area contributed by atoms with Gasteiger partial charge in [-0.1, -0.05) is 0 Å². The topological polar surface area (TPSA) is 74.1 Å². The molecule has 0 bridgehead atoms. The first kappa shape index (κ1) is 8.64. The van der Waals surface area contributed by atoms with Gasteiger partial charge in [0.15, 0.2) is 5.82 Å². The summed E-state index contributed by atoms with van der Waals surface area (Å²) in [4.78, 5) is 0. The van der Waals surface area contributed by atoms with Gasteiger partial charge in [0.25, 0.3) is 10.1 Å². The van der Waals surface area contributed by atoms with Crippen molar-refractivity contribution < 1.29 is 12.6 Å². The molecule has 0 amide bonds. The highest BCUT2D eigenvalue weighted by Gasteiger charge is 2.28. The van der Waals surface area contributed by atoms with Crippen molar-refractivity contribution in [1.29, 1.82) is 0 Å². The molecule has 1 aromatic rings. The lowest BCUT2D eigenvalue weighted by Crippen LogP contribution is -2.08. The molecule has 1 atom stereocenters. The van der Waals surface area contributed by atoms with Crippen molar-refractivity contribution >= 4 is 10.1 Å². The molecule has 0 N–H and O–H groups in total. The molecule has 1 aromatic heterocycles. The van der Waals surface area contributed by atoms with Gasteiger partial charge in [-0.05, 0) is 0 Å². The molecule has 72 valence electrons. The van der Waals surface area contributed by atoms with Gasteiger partial charge < -0.3 is 4.57 Å². The zero-order valence-electron chi connectivity index (χ0n) is 7.04. The van der Waals surface area contributed by atoms with Crippen LogP contribution in [0.1, 0.15) is 18.3 Å². The Morgan fingerprint density at radius 2 is 2.46 bits per heavy atom. The third-order valence-corrected chi connectivity index (χ3v) is 2.44. The number of hydrogen-bond donors (Lipinski definition) is 0. The summed E-state index contributed by atoms with van der Waals surface area (Å²) >= 11 is 0. The molecule has 7 heteroatoms. The Balaban J connectivity index is 2.22. The van der Waals surface area contributed by atoms with Crippen LogP contribution in [0.2, 0.25) is 0 Å². The van der Waals surface area contributed by atoms with Crippen LogP contribution >= 0.6 is 0 Å². The van der Waals surface area contributed by atoms with Crippen molar-refractivity contribution in [2.45, 2.75) is 19.1 Å². The molecule has 2 rings (SSSR count). The molecular weight excluding hydrogens is 194 g/mol.